The van der Waals surface area contributed by atoms with E-state index in [9.17, 15) is 36.7 Å². The average Bonchev–Trinajstić information content (AvgIpc) is 3.31. The molecule has 2 aliphatic rings. The van der Waals surface area contributed by atoms with Gasteiger partial charge in [-0.3, -0.25) is 24.0 Å². The van der Waals surface area contributed by atoms with Crippen LogP contribution < -0.4 is 26.8 Å². The smallest absolute Gasteiger partial charge is 0.211 e. The van der Waals surface area contributed by atoms with Crippen LogP contribution >= 0.6 is 0 Å². The van der Waals surface area contributed by atoms with Crippen molar-refractivity contribution in [2.24, 2.45) is 23.3 Å². The van der Waals surface area contributed by atoms with Crippen LogP contribution in [0.2, 0.25) is 0 Å². The molecule has 0 radical (unpaired) electrons. The number of benzene rings is 3. The molecule has 17 heteroatoms. The molecule has 0 heterocycles. The van der Waals surface area contributed by atoms with Crippen molar-refractivity contribution >= 4 is 44.3 Å². The summed E-state index contributed by atoms with van der Waals surface area (Å²) in [5, 5.41) is 9.30. The molecule has 0 saturated carbocycles. The van der Waals surface area contributed by atoms with E-state index in [4.69, 9.17) is 14.3 Å². The molecule has 3 aromatic carbocycles. The molecule has 13 nitrogen and oxygen atoms in total. The summed E-state index contributed by atoms with van der Waals surface area (Å²) in [5.74, 6) is -1.07. The van der Waals surface area contributed by atoms with Crippen molar-refractivity contribution in [1.29, 1.82) is 0 Å². The highest BCUT2D eigenvalue weighted by atomic mass is 19.1. The van der Waals surface area contributed by atoms with E-state index in [1.165, 1.54) is 36.9 Å². The highest BCUT2D eigenvalue weighted by Crippen LogP contribution is 2.19. The van der Waals surface area contributed by atoms with Crippen LogP contribution in [0.15, 0.2) is 107 Å². The van der Waals surface area contributed by atoms with Gasteiger partial charge >= 0.3 is 0 Å². The van der Waals surface area contributed by atoms with Gasteiger partial charge in [-0.25, -0.2) is 27.6 Å². The number of primary amides is 1. The van der Waals surface area contributed by atoms with Gasteiger partial charge < -0.3 is 31.6 Å². The Kier molecular flexibility index (Phi) is 36.1. The standard InChI is InChI=1S/C22H28F4N2.C9H13NO.C8H9NO2.C8H8O2.CH3NO.CH5N.CH2O/c1-15(5-17-7-19(23)11-20(24)8-17)13-27(3)28(4)14-16(2)6-18-9-21(25)12-22(26)10-18;1-2-8-3-5-9(6-4-8)10-7-11;1-11-8-4-2-7(3-5-8)9-6-10;9-5-7-3-1-2-4-8(7)6-10;2-1-3;2*1-2/h7-12,15-16H,5-6,13-14H2,1-4H3;3,5,7H,2,4,6H2,1H3,(H,10,11);2-6H,1H3,(H,9,10);1,3,5-6H,2,4H2;1H,(H2,2,3);2H2,1H3;1H2/t15-,16?;;;;;;/m1....../s1. The first-order valence-corrected chi connectivity index (χ1v) is 21.2. The van der Waals surface area contributed by atoms with Crippen LogP contribution in [-0.4, -0.2) is 90.0 Å². The number of halogens is 4. The lowest BCUT2D eigenvalue weighted by Crippen LogP contribution is -2.42. The van der Waals surface area contributed by atoms with Crippen LogP contribution in [-0.2, 0) is 41.6 Å². The molecule has 3 aromatic rings. The number of anilines is 1. The Morgan fingerprint density at radius 2 is 1.18 bits per heavy atom. The van der Waals surface area contributed by atoms with Crippen LogP contribution in [0.5, 0.6) is 5.75 Å². The summed E-state index contributed by atoms with van der Waals surface area (Å²) in [6.45, 7) is 9.65. The molecule has 67 heavy (non-hydrogen) atoms. The maximum absolute atomic E-state index is 13.3. The lowest BCUT2D eigenvalue weighted by molar-refractivity contribution is -0.109. The SMILES string of the molecule is C=O.CC(Cc1cc(F)cc(F)c1)CN(C)N(C)C[C@H](C)Cc1cc(F)cc(F)c1.CCC1=CC=C(NC=O)CC1.CN.COc1ccc(NC=O)cc1.NC=O.O=CC1=C(C=O)CCC=C1. The van der Waals surface area contributed by atoms with E-state index in [1.54, 1.807) is 37.5 Å². The van der Waals surface area contributed by atoms with Crippen molar-refractivity contribution in [3.63, 3.8) is 0 Å². The number of ether oxygens (including phenoxy) is 1. The molecule has 3 amide bonds. The third kappa shape index (κ3) is 28.9. The monoisotopic (exact) mass is 941 g/mol. The Hall–Kier alpha value is -6.56. The molecule has 2 atom stereocenters. The number of rotatable bonds is 17. The molecule has 0 spiro atoms. The Labute approximate surface area is 393 Å². The summed E-state index contributed by atoms with van der Waals surface area (Å²) in [6, 6.07) is 14.3. The number of allylic oxidation sites excluding steroid dienone is 8. The second-order valence-electron chi connectivity index (χ2n) is 14.8. The topological polar surface area (TPSA) is 194 Å². The lowest BCUT2D eigenvalue weighted by atomic mass is 10.00. The summed E-state index contributed by atoms with van der Waals surface area (Å²) >= 11 is 0. The Morgan fingerprint density at radius 1 is 0.716 bits per heavy atom. The Balaban J connectivity index is 0. The molecule has 5 rings (SSSR count). The average molecular weight is 941 g/mol. The van der Waals surface area contributed by atoms with Gasteiger partial charge in [-0.05, 0) is 130 Å². The maximum Gasteiger partial charge on any atom is 0.211 e. The number of nitrogens with one attached hydrogen (secondary N) is 2. The van der Waals surface area contributed by atoms with Gasteiger partial charge in [-0.1, -0.05) is 44.6 Å². The Bertz CT molecular complexity index is 1920. The number of amides is 3. The zero-order chi connectivity index (χ0) is 51.2. The largest absolute Gasteiger partial charge is 0.497 e. The number of hydrazine groups is 1. The van der Waals surface area contributed by atoms with Crippen molar-refractivity contribution in [3.8, 4) is 5.75 Å². The summed E-state index contributed by atoms with van der Waals surface area (Å²) in [5.41, 5.74) is 14.4. The molecule has 368 valence electrons. The van der Waals surface area contributed by atoms with Crippen LogP contribution in [0.25, 0.3) is 0 Å². The second kappa shape index (κ2) is 38.7. The van der Waals surface area contributed by atoms with Gasteiger partial charge in [0.25, 0.3) is 0 Å². The van der Waals surface area contributed by atoms with Gasteiger partial charge in [-0.2, -0.15) is 0 Å². The van der Waals surface area contributed by atoms with Gasteiger partial charge in [0.15, 0.2) is 0 Å². The van der Waals surface area contributed by atoms with Crippen molar-refractivity contribution in [3.05, 3.63) is 142 Å². The number of aldehydes is 2. The minimum atomic E-state index is -0.560. The molecule has 2 aliphatic carbocycles. The first kappa shape index (κ1) is 62.5. The number of hydrogen-bond donors (Lipinski definition) is 4. The van der Waals surface area contributed by atoms with Crippen molar-refractivity contribution in [2.45, 2.75) is 65.7 Å². The predicted octanol–water partition coefficient (Wildman–Crippen LogP) is 7.61. The molecule has 1 unspecified atom stereocenters. The molecule has 0 aliphatic heterocycles. The number of nitrogens with zero attached hydrogens (tertiary/aromatic N) is 2. The predicted molar refractivity (Wildman–Crippen MR) is 256 cm³/mol. The first-order chi connectivity index (χ1) is 32.1. The third-order valence-electron chi connectivity index (χ3n) is 9.52. The number of methoxy groups -OCH3 is 1. The molecule has 0 fully saturated rings. The summed E-state index contributed by atoms with van der Waals surface area (Å²) < 4.78 is 58.3. The lowest BCUT2D eigenvalue weighted by Gasteiger charge is -2.32. The fourth-order valence-electron chi connectivity index (χ4n) is 6.44. The Morgan fingerprint density at radius 3 is 1.52 bits per heavy atom. The summed E-state index contributed by atoms with van der Waals surface area (Å²) in [4.78, 5) is 57.2. The zero-order valence-corrected chi connectivity index (χ0v) is 39.6. The van der Waals surface area contributed by atoms with E-state index >= 15 is 0 Å². The minimum Gasteiger partial charge on any atom is -0.497 e. The summed E-state index contributed by atoms with van der Waals surface area (Å²) in [7, 11) is 7.01. The molecular formula is C50H68F4N6O7. The third-order valence-corrected chi connectivity index (χ3v) is 9.52. The fraction of sp³-hybridized carbons (Fsp3) is 0.360. The molecule has 0 aromatic heterocycles. The van der Waals surface area contributed by atoms with E-state index in [0.717, 1.165) is 87.0 Å². The van der Waals surface area contributed by atoms with Crippen molar-refractivity contribution < 1.29 is 51.1 Å². The first-order valence-electron chi connectivity index (χ1n) is 21.2. The van der Waals surface area contributed by atoms with Crippen LogP contribution in [0.4, 0.5) is 23.2 Å². The molecule has 6 N–H and O–H groups in total. The van der Waals surface area contributed by atoms with E-state index in [2.05, 4.69) is 45.1 Å². The second-order valence-corrected chi connectivity index (χ2v) is 14.8. The van der Waals surface area contributed by atoms with E-state index in [1.807, 2.05) is 46.9 Å². The fourth-order valence-corrected chi connectivity index (χ4v) is 6.44. The van der Waals surface area contributed by atoms with Gasteiger partial charge in [-0.15, -0.1) is 0 Å². The van der Waals surface area contributed by atoms with E-state index in [-0.39, 0.29) is 18.2 Å². The van der Waals surface area contributed by atoms with E-state index < -0.39 is 23.3 Å². The summed E-state index contributed by atoms with van der Waals surface area (Å²) in [6.07, 6.45) is 16.7. The highest BCUT2D eigenvalue weighted by molar-refractivity contribution is 5.89. The van der Waals surface area contributed by atoms with E-state index in [0.29, 0.717) is 47.9 Å². The quantitative estimate of drug-likeness (QED) is 0.0595. The molecular weight excluding hydrogens is 873 g/mol. The highest BCUT2D eigenvalue weighted by Gasteiger charge is 2.16. The van der Waals surface area contributed by atoms with Gasteiger partial charge in [0.1, 0.15) is 48.4 Å². The van der Waals surface area contributed by atoms with Gasteiger partial charge in [0.2, 0.25) is 19.2 Å². The van der Waals surface area contributed by atoms with Crippen LogP contribution in [0.1, 0.15) is 64.0 Å². The van der Waals surface area contributed by atoms with Crippen LogP contribution in [0, 0.1) is 35.1 Å². The van der Waals surface area contributed by atoms with Gasteiger partial charge in [0.05, 0.1) is 7.11 Å². The molecule has 0 saturated heterocycles. The number of carbonyl (C=O) groups is 6. The minimum absolute atomic E-state index is 0.196. The van der Waals surface area contributed by atoms with Gasteiger partial charge in [0, 0.05) is 61.8 Å². The molecule has 0 bridgehead atoms. The zero-order valence-electron chi connectivity index (χ0n) is 39.6. The maximum atomic E-state index is 13.3. The number of hydrogen-bond acceptors (Lipinski definition) is 10. The van der Waals surface area contributed by atoms with Crippen molar-refractivity contribution in [1.82, 2.24) is 15.3 Å². The van der Waals surface area contributed by atoms with Crippen molar-refractivity contribution in [2.75, 3.05) is 46.7 Å². The van der Waals surface area contributed by atoms with Crippen LogP contribution in [0.3, 0.4) is 0 Å². The normalized spacial score (nSPS) is 12.9. The number of carbonyl (C=O) groups excluding carboxylic acids is 6. The number of nitrogens with two attached hydrogens (primary N) is 2.